The molecule has 0 saturated carbocycles. The van der Waals surface area contributed by atoms with Gasteiger partial charge in [-0.25, -0.2) is 0 Å². The van der Waals surface area contributed by atoms with Crippen molar-refractivity contribution in [3.8, 4) is 0 Å². The van der Waals surface area contributed by atoms with E-state index in [2.05, 4.69) is 120 Å². The minimum absolute atomic E-state index is 0.0240. The number of nitrogens with zero attached hydrogens (tertiary/aromatic N) is 3. The fourth-order valence-electron chi connectivity index (χ4n) is 1.94. The van der Waals surface area contributed by atoms with Crippen LogP contribution in [0.3, 0.4) is 0 Å². The molecule has 30 heavy (non-hydrogen) atoms. The van der Waals surface area contributed by atoms with Gasteiger partial charge in [-0.05, 0) is 57.8 Å². The van der Waals surface area contributed by atoms with Gasteiger partial charge in [-0.1, -0.05) is 62.3 Å². The molecule has 1 aromatic heterocycles. The highest BCUT2D eigenvalue weighted by Crippen LogP contribution is 2.36. The number of anilines is 3. The van der Waals surface area contributed by atoms with Gasteiger partial charge in [0, 0.05) is 16.6 Å². The summed E-state index contributed by atoms with van der Waals surface area (Å²) in [6.07, 6.45) is 0. The van der Waals surface area contributed by atoms with Crippen molar-refractivity contribution >= 4 is 17.8 Å². The Morgan fingerprint density at radius 2 is 0.533 bits per heavy atom. The first kappa shape index (κ1) is 26.4. The zero-order valence-electron chi connectivity index (χ0n) is 22.3. The third kappa shape index (κ3) is 6.21. The van der Waals surface area contributed by atoms with Crippen LogP contribution in [-0.4, -0.2) is 31.6 Å². The van der Waals surface area contributed by atoms with Gasteiger partial charge in [0.2, 0.25) is 17.8 Å². The predicted molar refractivity (Wildman–Crippen MR) is 131 cm³/mol. The fourth-order valence-corrected chi connectivity index (χ4v) is 1.94. The number of aromatic nitrogens is 3. The fraction of sp³-hybridized carbons (Fsp3) is 0.875. The van der Waals surface area contributed by atoms with E-state index >= 15 is 0 Å². The lowest BCUT2D eigenvalue weighted by atomic mass is 9.76. The molecule has 0 aliphatic rings. The smallest absolute Gasteiger partial charge is 0.229 e. The van der Waals surface area contributed by atoms with Crippen molar-refractivity contribution in [1.29, 1.82) is 0 Å². The van der Waals surface area contributed by atoms with Crippen molar-refractivity contribution < 1.29 is 0 Å². The maximum absolute atomic E-state index is 4.74. The third-order valence-corrected chi connectivity index (χ3v) is 7.53. The lowest BCUT2D eigenvalue weighted by Crippen LogP contribution is -2.47. The Bertz CT molecular complexity index is 615. The molecule has 0 bridgehead atoms. The van der Waals surface area contributed by atoms with E-state index < -0.39 is 0 Å². The monoisotopic (exact) mass is 420 g/mol. The molecule has 1 aromatic rings. The van der Waals surface area contributed by atoms with Gasteiger partial charge in [0.1, 0.15) is 0 Å². The van der Waals surface area contributed by atoms with Crippen LogP contribution in [0, 0.1) is 16.2 Å². The van der Waals surface area contributed by atoms with E-state index in [-0.39, 0.29) is 32.9 Å². The molecule has 0 unspecified atom stereocenters. The molecule has 1 heterocycles. The van der Waals surface area contributed by atoms with Gasteiger partial charge in [-0.3, -0.25) is 0 Å². The van der Waals surface area contributed by atoms with Crippen LogP contribution in [0.15, 0.2) is 0 Å². The van der Waals surface area contributed by atoms with E-state index in [1.165, 1.54) is 0 Å². The summed E-state index contributed by atoms with van der Waals surface area (Å²) in [6, 6.07) is 0. The van der Waals surface area contributed by atoms with Crippen molar-refractivity contribution in [2.45, 2.75) is 120 Å². The summed E-state index contributed by atoms with van der Waals surface area (Å²) in [5.74, 6) is 1.72. The molecule has 0 amide bonds. The highest BCUT2D eigenvalue weighted by molar-refractivity contribution is 5.46. The number of hydrogen-bond donors (Lipinski definition) is 3. The van der Waals surface area contributed by atoms with Gasteiger partial charge in [0.05, 0.1) is 0 Å². The Hall–Kier alpha value is -1.59. The predicted octanol–water partition coefficient (Wildman–Crippen LogP) is 6.58. The summed E-state index contributed by atoms with van der Waals surface area (Å²) < 4.78 is 0. The zero-order chi connectivity index (χ0) is 24.0. The molecule has 6 nitrogen and oxygen atoms in total. The number of rotatable bonds is 6. The Kier molecular flexibility index (Phi) is 6.90. The Morgan fingerprint density at radius 1 is 0.367 bits per heavy atom. The molecule has 0 aromatic carbocycles. The summed E-state index contributed by atoms with van der Waals surface area (Å²) in [6.45, 7) is 33.0. The van der Waals surface area contributed by atoms with Gasteiger partial charge < -0.3 is 16.0 Å². The molecule has 0 aliphatic heterocycles. The molecule has 6 heteroatoms. The number of hydrogen-bond acceptors (Lipinski definition) is 6. The molecule has 0 aliphatic carbocycles. The minimum Gasteiger partial charge on any atom is -0.349 e. The van der Waals surface area contributed by atoms with Crippen molar-refractivity contribution in [2.75, 3.05) is 16.0 Å². The van der Waals surface area contributed by atoms with Crippen molar-refractivity contribution in [3.05, 3.63) is 0 Å². The maximum atomic E-state index is 4.74. The lowest BCUT2D eigenvalue weighted by Gasteiger charge is -2.41. The van der Waals surface area contributed by atoms with Gasteiger partial charge >= 0.3 is 0 Å². The van der Waals surface area contributed by atoms with Crippen LogP contribution in [0.5, 0.6) is 0 Å². The van der Waals surface area contributed by atoms with E-state index in [0.717, 1.165) is 0 Å². The van der Waals surface area contributed by atoms with Crippen molar-refractivity contribution in [1.82, 2.24) is 15.0 Å². The number of nitrogens with one attached hydrogen (secondary N) is 3. The molecule has 0 atom stereocenters. The van der Waals surface area contributed by atoms with Crippen LogP contribution in [0.1, 0.15) is 104 Å². The second kappa shape index (κ2) is 7.83. The van der Waals surface area contributed by atoms with Gasteiger partial charge in [-0.15, -0.1) is 0 Å². The van der Waals surface area contributed by atoms with Gasteiger partial charge in [-0.2, -0.15) is 15.0 Å². The highest BCUT2D eigenvalue weighted by Gasteiger charge is 2.37. The topological polar surface area (TPSA) is 74.8 Å². The highest BCUT2D eigenvalue weighted by atomic mass is 15.3. The molecular weight excluding hydrogens is 372 g/mol. The Labute approximate surface area is 185 Å². The molecule has 0 saturated heterocycles. The summed E-state index contributed by atoms with van der Waals surface area (Å²) in [7, 11) is 0. The minimum atomic E-state index is -0.206. The van der Waals surface area contributed by atoms with Crippen LogP contribution in [0.4, 0.5) is 17.8 Å². The van der Waals surface area contributed by atoms with E-state index in [0.29, 0.717) is 17.8 Å². The summed E-state index contributed by atoms with van der Waals surface area (Å²) >= 11 is 0. The maximum Gasteiger partial charge on any atom is 0.229 e. The van der Waals surface area contributed by atoms with Crippen molar-refractivity contribution in [3.63, 3.8) is 0 Å². The third-order valence-electron chi connectivity index (χ3n) is 7.53. The molecule has 1 rings (SSSR count). The van der Waals surface area contributed by atoms with E-state index in [1.807, 2.05) is 0 Å². The van der Waals surface area contributed by atoms with Gasteiger partial charge in [0.25, 0.3) is 0 Å². The molecule has 0 radical (unpaired) electrons. The average molecular weight is 421 g/mol. The van der Waals surface area contributed by atoms with Crippen LogP contribution < -0.4 is 16.0 Å². The summed E-state index contributed by atoms with van der Waals surface area (Å²) in [5, 5.41) is 10.6. The first-order valence-electron chi connectivity index (χ1n) is 11.1. The Morgan fingerprint density at radius 3 is 0.667 bits per heavy atom. The van der Waals surface area contributed by atoms with Crippen LogP contribution >= 0.6 is 0 Å². The molecule has 174 valence electrons. The first-order valence-corrected chi connectivity index (χ1v) is 11.1. The second-order valence-electron chi connectivity index (χ2n) is 13.3. The lowest BCUT2D eigenvalue weighted by molar-refractivity contribution is 0.249. The van der Waals surface area contributed by atoms with Crippen LogP contribution in [-0.2, 0) is 0 Å². The second-order valence-corrected chi connectivity index (χ2v) is 13.3. The average Bonchev–Trinajstić information content (AvgIpc) is 2.41. The van der Waals surface area contributed by atoms with Crippen LogP contribution in [0.2, 0.25) is 0 Å². The molecule has 0 spiro atoms. The van der Waals surface area contributed by atoms with E-state index in [4.69, 9.17) is 15.0 Å². The molecular formula is C24H48N6. The Balaban J connectivity index is 3.45. The van der Waals surface area contributed by atoms with E-state index in [9.17, 15) is 0 Å². The molecule has 3 N–H and O–H groups in total. The zero-order valence-corrected chi connectivity index (χ0v) is 22.3. The van der Waals surface area contributed by atoms with Gasteiger partial charge in [0.15, 0.2) is 0 Å². The molecule has 0 fully saturated rings. The first-order chi connectivity index (χ1) is 13.0. The quantitative estimate of drug-likeness (QED) is 0.482. The standard InChI is InChI=1S/C24H48N6/c1-19(2,3)22(10,11)28-16-25-17(29-23(12,13)20(4,5)6)27-18(26-16)30-24(14,15)21(7,8)9/h1-15H3,(H3,25,26,27,28,29,30). The van der Waals surface area contributed by atoms with Crippen molar-refractivity contribution in [2.24, 2.45) is 16.2 Å². The van der Waals surface area contributed by atoms with Crippen LogP contribution in [0.25, 0.3) is 0 Å². The summed E-state index contributed by atoms with van der Waals surface area (Å²) in [4.78, 5) is 14.2. The largest absolute Gasteiger partial charge is 0.349 e. The SMILES string of the molecule is CC(C)(C)C(C)(C)Nc1nc(NC(C)(C)C(C)(C)C)nc(NC(C)(C)C(C)(C)C)n1. The normalized spacial score (nSPS) is 14.5. The summed E-state index contributed by atoms with van der Waals surface area (Å²) in [5.41, 5.74) is -0.547. The van der Waals surface area contributed by atoms with E-state index in [1.54, 1.807) is 0 Å².